The van der Waals surface area contributed by atoms with Gasteiger partial charge in [-0.3, -0.25) is 0 Å². The average molecular weight is 234 g/mol. The fourth-order valence-electron chi connectivity index (χ4n) is 2.04. The first-order valence-electron chi connectivity index (χ1n) is 6.69. The van der Waals surface area contributed by atoms with Crippen molar-refractivity contribution in [2.24, 2.45) is 0 Å². The second-order valence-electron chi connectivity index (χ2n) is 6.01. The number of aryl methyl sites for hydroxylation is 2. The molecule has 1 aromatic rings. The van der Waals surface area contributed by atoms with Crippen LogP contribution in [0.4, 0.5) is 0 Å². The molecule has 96 valence electrons. The number of hydrogen-bond acceptors (Lipinski definition) is 1. The summed E-state index contributed by atoms with van der Waals surface area (Å²) in [6.07, 6.45) is 4.61. The maximum absolute atomic E-state index is 10.1. The van der Waals surface area contributed by atoms with Gasteiger partial charge in [-0.05, 0) is 41.9 Å². The van der Waals surface area contributed by atoms with Gasteiger partial charge in [0.05, 0.1) is 0 Å². The molecule has 0 unspecified atom stereocenters. The van der Waals surface area contributed by atoms with E-state index in [1.54, 1.807) is 0 Å². The third kappa shape index (κ3) is 3.76. The minimum atomic E-state index is 0.151. The lowest BCUT2D eigenvalue weighted by atomic mass is 9.84. The molecule has 0 saturated heterocycles. The van der Waals surface area contributed by atoms with Crippen LogP contribution in [0.1, 0.15) is 63.6 Å². The van der Waals surface area contributed by atoms with Gasteiger partial charge in [-0.1, -0.05) is 52.7 Å². The van der Waals surface area contributed by atoms with Crippen molar-refractivity contribution in [2.75, 3.05) is 0 Å². The van der Waals surface area contributed by atoms with Crippen LogP contribution in [0.15, 0.2) is 12.1 Å². The molecule has 0 atom stereocenters. The molecule has 1 rings (SSSR count). The van der Waals surface area contributed by atoms with Crippen LogP contribution in [0.25, 0.3) is 0 Å². The molecule has 0 bridgehead atoms. The number of hydrogen-bond donors (Lipinski definition) is 1. The smallest absolute Gasteiger partial charge is 0.121 e. The van der Waals surface area contributed by atoms with E-state index in [0.29, 0.717) is 5.75 Å². The molecule has 1 N–H and O–H groups in total. The number of phenols is 1. The highest BCUT2D eigenvalue weighted by Crippen LogP contribution is 2.31. The summed E-state index contributed by atoms with van der Waals surface area (Å²) in [6.45, 7) is 10.8. The van der Waals surface area contributed by atoms with E-state index in [-0.39, 0.29) is 5.41 Å². The summed E-state index contributed by atoms with van der Waals surface area (Å²) >= 11 is 0. The fourth-order valence-corrected chi connectivity index (χ4v) is 2.04. The minimum absolute atomic E-state index is 0.151. The fraction of sp³-hybridized carbons (Fsp3) is 0.625. The minimum Gasteiger partial charge on any atom is -0.507 e. The van der Waals surface area contributed by atoms with E-state index in [1.165, 1.54) is 18.4 Å². The highest BCUT2D eigenvalue weighted by Gasteiger charge is 2.17. The molecule has 0 fully saturated rings. The number of phenolic OH excluding ortho intramolecular Hbond substituents is 1. The lowest BCUT2D eigenvalue weighted by Crippen LogP contribution is -2.12. The van der Waals surface area contributed by atoms with Gasteiger partial charge in [0.15, 0.2) is 0 Å². The van der Waals surface area contributed by atoms with Crippen LogP contribution < -0.4 is 0 Å². The van der Waals surface area contributed by atoms with Crippen molar-refractivity contribution in [3.05, 3.63) is 28.8 Å². The Labute approximate surface area is 106 Å². The summed E-state index contributed by atoms with van der Waals surface area (Å²) in [5.41, 5.74) is 3.59. The van der Waals surface area contributed by atoms with Crippen LogP contribution in [0.5, 0.6) is 5.75 Å². The third-order valence-electron chi connectivity index (χ3n) is 3.30. The first-order chi connectivity index (χ1) is 7.86. The van der Waals surface area contributed by atoms with E-state index in [9.17, 15) is 5.11 Å². The quantitative estimate of drug-likeness (QED) is 0.747. The first kappa shape index (κ1) is 14.1. The van der Waals surface area contributed by atoms with E-state index < -0.39 is 0 Å². The summed E-state index contributed by atoms with van der Waals surface area (Å²) in [7, 11) is 0. The van der Waals surface area contributed by atoms with Gasteiger partial charge < -0.3 is 5.11 Å². The Morgan fingerprint density at radius 1 is 1.12 bits per heavy atom. The van der Waals surface area contributed by atoms with Crippen molar-refractivity contribution in [3.8, 4) is 5.75 Å². The van der Waals surface area contributed by atoms with Crippen molar-refractivity contribution in [1.82, 2.24) is 0 Å². The lowest BCUT2D eigenvalue weighted by Gasteiger charge is -2.21. The summed E-state index contributed by atoms with van der Waals surface area (Å²) in [5.74, 6) is 0.495. The zero-order valence-corrected chi connectivity index (χ0v) is 11.9. The summed E-state index contributed by atoms with van der Waals surface area (Å²) in [6, 6.07) is 4.29. The highest BCUT2D eigenvalue weighted by atomic mass is 16.3. The normalized spacial score (nSPS) is 11.8. The maximum Gasteiger partial charge on any atom is 0.121 e. The van der Waals surface area contributed by atoms with Gasteiger partial charge in [0.1, 0.15) is 5.75 Å². The number of rotatable bonds is 4. The molecule has 0 aliphatic rings. The van der Waals surface area contributed by atoms with Crippen LogP contribution in [-0.2, 0) is 11.8 Å². The Bertz CT molecular complexity index is 372. The molecule has 1 nitrogen and oxygen atoms in total. The Morgan fingerprint density at radius 2 is 1.76 bits per heavy atom. The van der Waals surface area contributed by atoms with Crippen molar-refractivity contribution in [2.45, 2.75) is 65.7 Å². The summed E-state index contributed by atoms with van der Waals surface area (Å²) in [5, 5.41) is 10.1. The van der Waals surface area contributed by atoms with E-state index in [4.69, 9.17) is 0 Å². The Morgan fingerprint density at radius 3 is 2.29 bits per heavy atom. The SMILES string of the molecule is CCCCCc1cc(C(C)(C)C)cc(C)c1O. The van der Waals surface area contributed by atoms with Crippen molar-refractivity contribution >= 4 is 0 Å². The second kappa shape index (κ2) is 5.57. The van der Waals surface area contributed by atoms with E-state index in [1.807, 2.05) is 6.92 Å². The zero-order chi connectivity index (χ0) is 13.1. The predicted octanol–water partition coefficient (Wildman–Crippen LogP) is 4.73. The Balaban J connectivity index is 2.99. The molecule has 17 heavy (non-hydrogen) atoms. The summed E-state index contributed by atoms with van der Waals surface area (Å²) < 4.78 is 0. The van der Waals surface area contributed by atoms with Gasteiger partial charge in [-0.15, -0.1) is 0 Å². The molecule has 0 heterocycles. The third-order valence-corrected chi connectivity index (χ3v) is 3.30. The molecular formula is C16H26O. The van der Waals surface area contributed by atoms with Gasteiger partial charge in [0, 0.05) is 0 Å². The van der Waals surface area contributed by atoms with Gasteiger partial charge in [0.2, 0.25) is 0 Å². The topological polar surface area (TPSA) is 20.2 Å². The molecule has 0 aliphatic heterocycles. The molecule has 0 spiro atoms. The number of unbranched alkanes of at least 4 members (excludes halogenated alkanes) is 2. The van der Waals surface area contributed by atoms with Crippen molar-refractivity contribution < 1.29 is 5.11 Å². The van der Waals surface area contributed by atoms with Crippen LogP contribution in [-0.4, -0.2) is 5.11 Å². The molecule has 1 aromatic carbocycles. The molecule has 0 aliphatic carbocycles. The van der Waals surface area contributed by atoms with E-state index >= 15 is 0 Å². The van der Waals surface area contributed by atoms with Crippen molar-refractivity contribution in [3.63, 3.8) is 0 Å². The first-order valence-corrected chi connectivity index (χ1v) is 6.69. The lowest BCUT2D eigenvalue weighted by molar-refractivity contribution is 0.460. The number of aromatic hydroxyl groups is 1. The molecule has 1 heteroatoms. The van der Waals surface area contributed by atoms with Crippen LogP contribution >= 0.6 is 0 Å². The second-order valence-corrected chi connectivity index (χ2v) is 6.01. The highest BCUT2D eigenvalue weighted by molar-refractivity contribution is 5.45. The largest absolute Gasteiger partial charge is 0.507 e. The Kier molecular flexibility index (Phi) is 4.62. The van der Waals surface area contributed by atoms with Crippen LogP contribution in [0, 0.1) is 6.92 Å². The monoisotopic (exact) mass is 234 g/mol. The van der Waals surface area contributed by atoms with Gasteiger partial charge in [0.25, 0.3) is 0 Å². The zero-order valence-electron chi connectivity index (χ0n) is 11.9. The molecule has 0 radical (unpaired) electrons. The molecule has 0 amide bonds. The van der Waals surface area contributed by atoms with Crippen LogP contribution in [0.3, 0.4) is 0 Å². The van der Waals surface area contributed by atoms with Gasteiger partial charge in [-0.25, -0.2) is 0 Å². The number of benzene rings is 1. The Hall–Kier alpha value is -0.980. The van der Waals surface area contributed by atoms with Gasteiger partial charge >= 0.3 is 0 Å². The maximum atomic E-state index is 10.1. The van der Waals surface area contributed by atoms with E-state index in [0.717, 1.165) is 24.0 Å². The van der Waals surface area contributed by atoms with Gasteiger partial charge in [-0.2, -0.15) is 0 Å². The molecular weight excluding hydrogens is 208 g/mol. The predicted molar refractivity (Wildman–Crippen MR) is 74.8 cm³/mol. The average Bonchev–Trinajstić information content (AvgIpc) is 2.22. The standard InChI is InChI=1S/C16H26O/c1-6-7-8-9-13-11-14(16(3,4)5)10-12(2)15(13)17/h10-11,17H,6-9H2,1-5H3. The molecule has 0 aromatic heterocycles. The van der Waals surface area contributed by atoms with Crippen LogP contribution in [0.2, 0.25) is 0 Å². The van der Waals surface area contributed by atoms with Crippen molar-refractivity contribution in [1.29, 1.82) is 0 Å². The van der Waals surface area contributed by atoms with E-state index in [2.05, 4.69) is 39.8 Å². The summed E-state index contributed by atoms with van der Waals surface area (Å²) in [4.78, 5) is 0. The molecule has 0 saturated carbocycles.